The summed E-state index contributed by atoms with van der Waals surface area (Å²) in [7, 11) is 0. The van der Waals surface area contributed by atoms with Crippen molar-refractivity contribution in [3.05, 3.63) is 169 Å². The Kier molecular flexibility index (Phi) is 2.87. The van der Waals surface area contributed by atoms with Crippen LogP contribution in [0, 0.1) is 0 Å². The fraction of sp³-hybridized carbons (Fsp3) is 0. The predicted octanol–water partition coefficient (Wildman–Crippen LogP) is 13.2. The van der Waals surface area contributed by atoms with Gasteiger partial charge < -0.3 is 4.42 Å². The summed E-state index contributed by atoms with van der Waals surface area (Å²) in [5, 5.41) is -0.303. The van der Waals surface area contributed by atoms with Crippen molar-refractivity contribution in [3.63, 3.8) is 0 Å². The van der Waals surface area contributed by atoms with Gasteiger partial charge in [0.2, 0.25) is 0 Å². The van der Waals surface area contributed by atoms with Crippen molar-refractivity contribution in [2.24, 2.45) is 0 Å². The van der Waals surface area contributed by atoms with E-state index < -0.39 is 131 Å². The minimum atomic E-state index is -0.790. The van der Waals surface area contributed by atoms with Crippen LogP contribution in [-0.4, -0.2) is 0 Å². The van der Waals surface area contributed by atoms with Crippen LogP contribution in [0.25, 0.3) is 98.4 Å². The lowest BCUT2D eigenvalue weighted by Crippen LogP contribution is -1.91. The fourth-order valence-corrected chi connectivity index (χ4v) is 6.42. The molecular weight excluding hydrogens is 569 g/mol. The largest absolute Gasteiger partial charge is 0.455 e. The molecule has 0 unspecified atom stereocenters. The molecule has 0 aliphatic heterocycles. The van der Waals surface area contributed by atoms with E-state index in [1.54, 1.807) is 48.5 Å². The maximum atomic E-state index is 9.49. The summed E-state index contributed by atoms with van der Waals surface area (Å²) in [5.74, 6) is 0. The molecule has 10 rings (SSSR count). The number of benzene rings is 9. The van der Waals surface area contributed by atoms with Crippen LogP contribution in [-0.2, 0) is 0 Å². The molecule has 0 fully saturated rings. The van der Waals surface area contributed by atoms with Crippen LogP contribution < -0.4 is 0 Å². The van der Waals surface area contributed by atoms with Gasteiger partial charge in [-0.3, -0.25) is 0 Å². The summed E-state index contributed by atoms with van der Waals surface area (Å²) in [6.07, 6.45) is 0. The summed E-state index contributed by atoms with van der Waals surface area (Å²) in [6.45, 7) is 0. The van der Waals surface area contributed by atoms with Crippen molar-refractivity contribution in [3.8, 4) is 33.4 Å². The molecule has 1 aromatic heterocycles. The summed E-state index contributed by atoms with van der Waals surface area (Å²) >= 11 is 0. The standard InChI is InChI=1S/C46H28O/c1-2-11-29(12-3-1)32-23-25-35-33(27-32)24-26-41-45-40(19-10-20-42(45)47-46(35)41)44-38-17-8-6-15-36(38)43(37-16-7-9-18-39(37)44)34-22-21-30-13-4-5-14-31(30)28-34/h1-28H/i1D,2D,3D,4D,5D,6D,7D,8D,9D,11D,12D,13D,14D,15D,16D,17D,18D,21D,22D,28D. The van der Waals surface area contributed by atoms with Crippen LogP contribution in [0.15, 0.2) is 174 Å². The molecule has 0 atom stereocenters. The molecule has 10 aromatic rings. The van der Waals surface area contributed by atoms with E-state index in [1.165, 1.54) is 0 Å². The lowest BCUT2D eigenvalue weighted by atomic mass is 9.84. The Balaban J connectivity index is 1.39. The minimum Gasteiger partial charge on any atom is -0.455 e. The Labute approximate surface area is 300 Å². The quantitative estimate of drug-likeness (QED) is 0.180. The van der Waals surface area contributed by atoms with E-state index in [2.05, 4.69) is 0 Å². The SMILES string of the molecule is [2H]c1c([2H])c([2H])c(-c2ccc3c(ccc4c3oc3cccc(-c5c6c([2H])c([2H])c([2H])c([2H])c6c(-c6c([2H])c([2H])c7c([2H])c([2H])c([2H])c([2H])c7c6[2H])c6c([2H])c([2H])c([2H])c([2H])c56)c34)c2)c([2H])c1[2H]. The molecule has 47 heavy (non-hydrogen) atoms. The molecule has 1 heteroatoms. The molecule has 0 aliphatic carbocycles. The van der Waals surface area contributed by atoms with Gasteiger partial charge in [0.05, 0.1) is 27.4 Å². The van der Waals surface area contributed by atoms with Gasteiger partial charge in [0.15, 0.2) is 0 Å². The molecule has 0 saturated heterocycles. The summed E-state index contributed by atoms with van der Waals surface area (Å²) in [5.41, 5.74) is 0.0557. The average molecular weight is 617 g/mol. The smallest absolute Gasteiger partial charge is 0.143 e. The highest BCUT2D eigenvalue weighted by Crippen LogP contribution is 2.47. The Hall–Kier alpha value is -6.18. The third-order valence-corrected chi connectivity index (χ3v) is 8.41. The van der Waals surface area contributed by atoms with E-state index in [1.807, 2.05) is 0 Å². The lowest BCUT2D eigenvalue weighted by molar-refractivity contribution is 0.673. The maximum Gasteiger partial charge on any atom is 0.143 e. The van der Waals surface area contributed by atoms with E-state index >= 15 is 0 Å². The molecule has 0 amide bonds. The first-order valence-corrected chi connectivity index (χ1v) is 14.6. The van der Waals surface area contributed by atoms with Gasteiger partial charge in [0.25, 0.3) is 0 Å². The van der Waals surface area contributed by atoms with Gasteiger partial charge in [0.1, 0.15) is 11.2 Å². The number of rotatable bonds is 3. The molecule has 1 heterocycles. The van der Waals surface area contributed by atoms with E-state index in [0.29, 0.717) is 32.7 Å². The van der Waals surface area contributed by atoms with Crippen LogP contribution >= 0.6 is 0 Å². The normalized spacial score (nSPS) is 17.8. The molecule has 0 radical (unpaired) electrons. The van der Waals surface area contributed by atoms with Crippen molar-refractivity contribution in [2.45, 2.75) is 0 Å². The van der Waals surface area contributed by atoms with Gasteiger partial charge >= 0.3 is 0 Å². The highest BCUT2D eigenvalue weighted by molar-refractivity contribution is 6.27. The van der Waals surface area contributed by atoms with Crippen molar-refractivity contribution >= 4 is 65.0 Å². The highest BCUT2D eigenvalue weighted by Gasteiger charge is 2.21. The number of hydrogen-bond acceptors (Lipinski definition) is 1. The third-order valence-electron chi connectivity index (χ3n) is 8.41. The van der Waals surface area contributed by atoms with Gasteiger partial charge in [-0.05, 0) is 101 Å². The van der Waals surface area contributed by atoms with E-state index in [-0.39, 0.29) is 55.9 Å². The molecule has 218 valence electrons. The first kappa shape index (κ1) is 13.3. The number of fused-ring (bicyclic) bond motifs is 8. The van der Waals surface area contributed by atoms with Crippen molar-refractivity contribution in [2.75, 3.05) is 0 Å². The van der Waals surface area contributed by atoms with Gasteiger partial charge in [0, 0.05) is 16.2 Å². The molecule has 1 nitrogen and oxygen atoms in total. The zero-order valence-corrected chi connectivity index (χ0v) is 24.0. The van der Waals surface area contributed by atoms with Gasteiger partial charge in [-0.25, -0.2) is 0 Å². The van der Waals surface area contributed by atoms with Crippen molar-refractivity contribution < 1.29 is 31.8 Å². The van der Waals surface area contributed by atoms with Crippen molar-refractivity contribution in [1.29, 1.82) is 0 Å². The first-order valence-electron chi connectivity index (χ1n) is 24.6. The molecule has 0 bridgehead atoms. The van der Waals surface area contributed by atoms with E-state index in [4.69, 9.17) is 23.6 Å². The Morgan fingerprint density at radius 2 is 1.09 bits per heavy atom. The van der Waals surface area contributed by atoms with Gasteiger partial charge in [-0.1, -0.05) is 139 Å². The summed E-state index contributed by atoms with van der Waals surface area (Å²) in [6, 6.07) is 0.0513. The zero-order valence-electron chi connectivity index (χ0n) is 44.0. The third kappa shape index (κ3) is 3.97. The zero-order chi connectivity index (χ0) is 48.3. The molecule has 0 spiro atoms. The maximum absolute atomic E-state index is 9.49. The molecule has 0 saturated carbocycles. The lowest BCUT2D eigenvalue weighted by Gasteiger charge is -2.18. The van der Waals surface area contributed by atoms with Crippen LogP contribution in [0.2, 0.25) is 0 Å². The molecule has 0 N–H and O–H groups in total. The van der Waals surface area contributed by atoms with Crippen molar-refractivity contribution in [1.82, 2.24) is 0 Å². The van der Waals surface area contributed by atoms with Crippen LogP contribution in [0.3, 0.4) is 0 Å². The van der Waals surface area contributed by atoms with Crippen LogP contribution in [0.5, 0.6) is 0 Å². The topological polar surface area (TPSA) is 13.1 Å². The minimum absolute atomic E-state index is 0.00154. The van der Waals surface area contributed by atoms with Gasteiger partial charge in [-0.2, -0.15) is 0 Å². The van der Waals surface area contributed by atoms with Crippen LogP contribution in [0.1, 0.15) is 27.4 Å². The summed E-state index contributed by atoms with van der Waals surface area (Å²) < 4.78 is 183. The second kappa shape index (κ2) is 10.2. The number of hydrogen-bond donors (Lipinski definition) is 0. The second-order valence-corrected chi connectivity index (χ2v) is 10.9. The first-order chi connectivity index (χ1) is 31.6. The van der Waals surface area contributed by atoms with E-state index in [9.17, 15) is 8.22 Å². The monoisotopic (exact) mass is 616 g/mol. The second-order valence-electron chi connectivity index (χ2n) is 10.9. The predicted molar refractivity (Wildman–Crippen MR) is 200 cm³/mol. The van der Waals surface area contributed by atoms with Crippen LogP contribution in [0.4, 0.5) is 0 Å². The van der Waals surface area contributed by atoms with Gasteiger partial charge in [-0.15, -0.1) is 0 Å². The highest BCUT2D eigenvalue weighted by atomic mass is 16.3. The Bertz CT molecular complexity index is 3880. The Morgan fingerprint density at radius 1 is 0.426 bits per heavy atom. The molecular formula is C46H28O. The fourth-order valence-electron chi connectivity index (χ4n) is 6.42. The van der Waals surface area contributed by atoms with E-state index in [0.717, 1.165) is 0 Å². The molecule has 0 aliphatic rings. The summed E-state index contributed by atoms with van der Waals surface area (Å²) in [4.78, 5) is 0. The molecule has 9 aromatic carbocycles. The average Bonchev–Trinajstić information content (AvgIpc) is 3.71. The number of furan rings is 1. The Morgan fingerprint density at radius 3 is 1.85 bits per heavy atom.